The standard InChI is InChI=1S/C18H27N3O2/c1-5-7-13(8-6-2)19-18-16-11-14(23-4)9-10-15(16)17(12-22-3)20-21-18/h9-11,13H,5-8,12H2,1-4H3,(H,19,21). The van der Waals surface area contributed by atoms with E-state index < -0.39 is 0 Å². The van der Waals surface area contributed by atoms with E-state index in [-0.39, 0.29) is 0 Å². The van der Waals surface area contributed by atoms with Crippen LogP contribution in [0.5, 0.6) is 5.75 Å². The molecule has 0 unspecified atom stereocenters. The van der Waals surface area contributed by atoms with Gasteiger partial charge in [-0.3, -0.25) is 0 Å². The molecule has 0 aliphatic heterocycles. The molecule has 0 aliphatic carbocycles. The molecule has 5 heteroatoms. The maximum absolute atomic E-state index is 5.37. The maximum Gasteiger partial charge on any atom is 0.156 e. The number of nitrogens with zero attached hydrogens (tertiary/aromatic N) is 2. The van der Waals surface area contributed by atoms with Crippen LogP contribution in [0, 0.1) is 0 Å². The number of rotatable bonds is 9. The Labute approximate surface area is 138 Å². The molecule has 5 nitrogen and oxygen atoms in total. The fourth-order valence-electron chi connectivity index (χ4n) is 2.84. The molecular formula is C18H27N3O2. The van der Waals surface area contributed by atoms with Crippen molar-refractivity contribution in [2.45, 2.75) is 52.2 Å². The van der Waals surface area contributed by atoms with Crippen molar-refractivity contribution in [2.75, 3.05) is 19.5 Å². The summed E-state index contributed by atoms with van der Waals surface area (Å²) in [5, 5.41) is 14.4. The molecule has 2 aromatic rings. The Morgan fingerprint density at radius 1 is 1.04 bits per heavy atom. The zero-order chi connectivity index (χ0) is 16.7. The summed E-state index contributed by atoms with van der Waals surface area (Å²) in [6.45, 7) is 4.86. The number of hydrogen-bond donors (Lipinski definition) is 1. The summed E-state index contributed by atoms with van der Waals surface area (Å²) in [7, 11) is 3.34. The van der Waals surface area contributed by atoms with Crippen molar-refractivity contribution >= 4 is 16.6 Å². The van der Waals surface area contributed by atoms with Gasteiger partial charge in [0, 0.05) is 23.9 Å². The predicted molar refractivity (Wildman–Crippen MR) is 94.0 cm³/mol. The van der Waals surface area contributed by atoms with E-state index in [1.165, 1.54) is 0 Å². The molecule has 2 rings (SSSR count). The van der Waals surface area contributed by atoms with Crippen LogP contribution >= 0.6 is 0 Å². The number of anilines is 1. The van der Waals surface area contributed by atoms with Gasteiger partial charge in [-0.25, -0.2) is 0 Å². The van der Waals surface area contributed by atoms with Crippen molar-refractivity contribution in [1.29, 1.82) is 0 Å². The van der Waals surface area contributed by atoms with Gasteiger partial charge in [0.1, 0.15) is 5.75 Å². The second-order valence-electron chi connectivity index (χ2n) is 5.76. The third-order valence-corrected chi connectivity index (χ3v) is 3.96. The first-order valence-electron chi connectivity index (χ1n) is 8.32. The Kier molecular flexibility index (Phi) is 6.59. The molecule has 0 spiro atoms. The van der Waals surface area contributed by atoms with Gasteiger partial charge in [0.2, 0.25) is 0 Å². The first-order chi connectivity index (χ1) is 11.2. The van der Waals surface area contributed by atoms with E-state index in [2.05, 4.69) is 29.4 Å². The summed E-state index contributed by atoms with van der Waals surface area (Å²) in [6.07, 6.45) is 4.55. The van der Waals surface area contributed by atoms with Gasteiger partial charge in [-0.2, -0.15) is 5.10 Å². The Hall–Kier alpha value is -1.88. The second kappa shape index (κ2) is 8.67. The zero-order valence-electron chi connectivity index (χ0n) is 14.6. The van der Waals surface area contributed by atoms with E-state index >= 15 is 0 Å². The van der Waals surface area contributed by atoms with E-state index in [1.54, 1.807) is 14.2 Å². The van der Waals surface area contributed by atoms with Gasteiger partial charge in [0.05, 0.1) is 19.4 Å². The van der Waals surface area contributed by atoms with Gasteiger partial charge in [-0.1, -0.05) is 26.7 Å². The first-order valence-corrected chi connectivity index (χ1v) is 8.32. The highest BCUT2D eigenvalue weighted by Gasteiger charge is 2.14. The Morgan fingerprint density at radius 2 is 1.78 bits per heavy atom. The number of hydrogen-bond acceptors (Lipinski definition) is 5. The molecule has 0 fully saturated rings. The topological polar surface area (TPSA) is 56.3 Å². The van der Waals surface area contributed by atoms with Gasteiger partial charge >= 0.3 is 0 Å². The minimum atomic E-state index is 0.418. The number of fused-ring (bicyclic) bond motifs is 1. The lowest BCUT2D eigenvalue weighted by molar-refractivity contribution is 0.182. The van der Waals surface area contributed by atoms with Crippen LogP contribution < -0.4 is 10.1 Å². The van der Waals surface area contributed by atoms with Gasteiger partial charge < -0.3 is 14.8 Å². The molecule has 1 aromatic carbocycles. The number of benzene rings is 1. The average molecular weight is 317 g/mol. The highest BCUT2D eigenvalue weighted by molar-refractivity contribution is 5.94. The smallest absolute Gasteiger partial charge is 0.156 e. The van der Waals surface area contributed by atoms with Crippen molar-refractivity contribution in [3.05, 3.63) is 23.9 Å². The summed E-state index contributed by atoms with van der Waals surface area (Å²) in [6, 6.07) is 6.40. The molecule has 126 valence electrons. The molecule has 1 aromatic heterocycles. The van der Waals surface area contributed by atoms with E-state index in [0.29, 0.717) is 12.6 Å². The minimum absolute atomic E-state index is 0.418. The van der Waals surface area contributed by atoms with Crippen LogP contribution in [-0.4, -0.2) is 30.5 Å². The van der Waals surface area contributed by atoms with E-state index in [0.717, 1.165) is 53.7 Å². The number of aromatic nitrogens is 2. The van der Waals surface area contributed by atoms with Gasteiger partial charge in [0.15, 0.2) is 5.82 Å². The monoisotopic (exact) mass is 317 g/mol. The summed E-state index contributed by atoms with van der Waals surface area (Å²) in [5.41, 5.74) is 0.846. The lowest BCUT2D eigenvalue weighted by Crippen LogP contribution is -2.20. The van der Waals surface area contributed by atoms with Crippen LogP contribution in [0.15, 0.2) is 18.2 Å². The molecule has 23 heavy (non-hydrogen) atoms. The van der Waals surface area contributed by atoms with Crippen molar-refractivity contribution in [2.24, 2.45) is 0 Å². The summed E-state index contributed by atoms with van der Waals surface area (Å²) in [5.74, 6) is 1.64. The maximum atomic E-state index is 5.37. The molecule has 0 bridgehead atoms. The van der Waals surface area contributed by atoms with E-state index in [1.807, 2.05) is 18.2 Å². The molecule has 0 amide bonds. The van der Waals surface area contributed by atoms with Crippen LogP contribution in [0.25, 0.3) is 10.8 Å². The lowest BCUT2D eigenvalue weighted by atomic mass is 10.1. The van der Waals surface area contributed by atoms with Crippen LogP contribution in [0.3, 0.4) is 0 Å². The summed E-state index contributed by atoms with van der Waals surface area (Å²) >= 11 is 0. The van der Waals surface area contributed by atoms with Gasteiger partial charge in [-0.05, 0) is 31.0 Å². The Bertz CT molecular complexity index is 625. The number of methoxy groups -OCH3 is 2. The Morgan fingerprint density at radius 3 is 2.39 bits per heavy atom. The average Bonchev–Trinajstić information content (AvgIpc) is 2.57. The van der Waals surface area contributed by atoms with Crippen LogP contribution in [0.2, 0.25) is 0 Å². The first kappa shape index (κ1) is 17.5. The van der Waals surface area contributed by atoms with E-state index in [4.69, 9.17) is 9.47 Å². The summed E-state index contributed by atoms with van der Waals surface area (Å²) < 4.78 is 10.6. The normalized spacial score (nSPS) is 11.2. The van der Waals surface area contributed by atoms with Gasteiger partial charge in [0.25, 0.3) is 0 Å². The molecule has 0 radical (unpaired) electrons. The van der Waals surface area contributed by atoms with Crippen molar-refractivity contribution in [1.82, 2.24) is 10.2 Å². The molecule has 0 saturated heterocycles. The van der Waals surface area contributed by atoms with Crippen LogP contribution in [0.1, 0.15) is 45.2 Å². The second-order valence-corrected chi connectivity index (χ2v) is 5.76. The van der Waals surface area contributed by atoms with Crippen molar-refractivity contribution in [3.8, 4) is 5.75 Å². The lowest BCUT2D eigenvalue weighted by Gasteiger charge is -2.19. The Balaban J connectivity index is 2.43. The predicted octanol–water partition coefficient (Wildman–Crippen LogP) is 4.17. The fraction of sp³-hybridized carbons (Fsp3) is 0.556. The van der Waals surface area contributed by atoms with Crippen molar-refractivity contribution in [3.63, 3.8) is 0 Å². The molecule has 0 aliphatic rings. The van der Waals surface area contributed by atoms with Crippen molar-refractivity contribution < 1.29 is 9.47 Å². The van der Waals surface area contributed by atoms with E-state index in [9.17, 15) is 0 Å². The molecule has 1 N–H and O–H groups in total. The molecular weight excluding hydrogens is 290 g/mol. The third-order valence-electron chi connectivity index (χ3n) is 3.96. The minimum Gasteiger partial charge on any atom is -0.497 e. The summed E-state index contributed by atoms with van der Waals surface area (Å²) in [4.78, 5) is 0. The highest BCUT2D eigenvalue weighted by atomic mass is 16.5. The number of nitrogens with one attached hydrogen (secondary N) is 1. The fourth-order valence-corrected chi connectivity index (χ4v) is 2.84. The quantitative estimate of drug-likeness (QED) is 0.752. The number of ether oxygens (including phenoxy) is 2. The van der Waals surface area contributed by atoms with Gasteiger partial charge in [-0.15, -0.1) is 5.10 Å². The third kappa shape index (κ3) is 4.32. The molecule has 0 saturated carbocycles. The largest absolute Gasteiger partial charge is 0.497 e. The molecule has 1 heterocycles. The molecule has 0 atom stereocenters. The van der Waals surface area contributed by atoms with Crippen LogP contribution in [0.4, 0.5) is 5.82 Å². The van der Waals surface area contributed by atoms with Crippen LogP contribution in [-0.2, 0) is 11.3 Å². The SMILES string of the molecule is CCCC(CCC)Nc1nnc(COC)c2ccc(OC)cc12. The highest BCUT2D eigenvalue weighted by Crippen LogP contribution is 2.28. The zero-order valence-corrected chi connectivity index (χ0v) is 14.6.